The van der Waals surface area contributed by atoms with Crippen molar-refractivity contribution < 1.29 is 27.3 Å². The third-order valence-corrected chi connectivity index (χ3v) is 14.0. The van der Waals surface area contributed by atoms with Gasteiger partial charge in [0, 0.05) is 5.57 Å². The number of rotatable bonds is 13. The van der Waals surface area contributed by atoms with Crippen LogP contribution in [-0.4, -0.2) is 59.6 Å². The molecular weight excluding hydrogens is 413 g/mol. The lowest BCUT2D eigenvalue weighted by Gasteiger charge is -2.23. The van der Waals surface area contributed by atoms with Crippen molar-refractivity contribution in [1.82, 2.24) is 0 Å². The van der Waals surface area contributed by atoms with Gasteiger partial charge >= 0.3 is 11.9 Å². The Bertz CT molecular complexity index is 499. The smallest absolute Gasteiger partial charge is 0.334 e. The molecular formula is C17H38O6Si4. The van der Waals surface area contributed by atoms with Crippen LogP contribution in [0.25, 0.3) is 0 Å². The predicted octanol–water partition coefficient (Wildman–Crippen LogP) is 2.36. The Labute approximate surface area is 171 Å². The molecule has 0 saturated carbocycles. The number of carbonyl (C=O) groups is 2. The lowest BCUT2D eigenvalue weighted by molar-refractivity contribution is -0.148. The number of hydrogen-bond donors (Lipinski definition) is 0. The topological polar surface area (TPSA) is 71.1 Å². The highest BCUT2D eigenvalue weighted by Gasteiger charge is 2.24. The van der Waals surface area contributed by atoms with Crippen LogP contribution in [-0.2, 0) is 27.3 Å². The van der Waals surface area contributed by atoms with Crippen LogP contribution in [0.2, 0.25) is 39.3 Å². The van der Waals surface area contributed by atoms with Gasteiger partial charge in [-0.2, -0.15) is 0 Å². The summed E-state index contributed by atoms with van der Waals surface area (Å²) in [4.78, 5) is 24.4. The SMILES string of the molecule is C=C(CC(=O)OC(CC)[SiH2]O[Si](C)(C)C)C(=O)OC(CC)[SiH2]O[Si](C)(C)C. The second-order valence-corrected chi connectivity index (χ2v) is 21.8. The van der Waals surface area contributed by atoms with Gasteiger partial charge in [0.15, 0.2) is 36.2 Å². The normalized spacial score (nSPS) is 15.3. The molecule has 2 unspecified atom stereocenters. The number of carbonyl (C=O) groups excluding carboxylic acids is 2. The average Bonchev–Trinajstić information content (AvgIpc) is 2.53. The lowest BCUT2D eigenvalue weighted by atomic mass is 10.2. The first-order chi connectivity index (χ1) is 12.3. The quantitative estimate of drug-likeness (QED) is 0.244. The van der Waals surface area contributed by atoms with Crippen molar-refractivity contribution >= 4 is 48.1 Å². The minimum absolute atomic E-state index is 0.128. The summed E-state index contributed by atoms with van der Waals surface area (Å²) in [6.45, 7) is 20.3. The monoisotopic (exact) mass is 450 g/mol. The van der Waals surface area contributed by atoms with E-state index in [-0.39, 0.29) is 23.4 Å². The molecule has 0 bridgehead atoms. The molecule has 0 N–H and O–H groups in total. The molecule has 0 aliphatic rings. The zero-order chi connectivity index (χ0) is 21.3. The Kier molecular flexibility index (Phi) is 11.9. The summed E-state index contributed by atoms with van der Waals surface area (Å²) >= 11 is 0. The van der Waals surface area contributed by atoms with E-state index in [1.54, 1.807) is 0 Å². The zero-order valence-corrected chi connectivity index (χ0v) is 23.2. The van der Waals surface area contributed by atoms with E-state index in [0.29, 0.717) is 6.42 Å². The Balaban J connectivity index is 4.46. The molecule has 10 heteroatoms. The molecule has 27 heavy (non-hydrogen) atoms. The summed E-state index contributed by atoms with van der Waals surface area (Å²) < 4.78 is 22.8. The Hall–Kier alpha value is -0.532. The highest BCUT2D eigenvalue weighted by atomic mass is 28.4. The van der Waals surface area contributed by atoms with E-state index in [4.69, 9.17) is 17.7 Å². The average molecular weight is 451 g/mol. The van der Waals surface area contributed by atoms with E-state index in [2.05, 4.69) is 45.9 Å². The molecule has 0 aromatic rings. The third-order valence-electron chi connectivity index (χ3n) is 3.53. The molecule has 158 valence electrons. The van der Waals surface area contributed by atoms with Gasteiger partial charge in [-0.05, 0) is 52.1 Å². The van der Waals surface area contributed by atoms with Crippen LogP contribution >= 0.6 is 0 Å². The van der Waals surface area contributed by atoms with Gasteiger partial charge in [0.1, 0.15) is 11.5 Å². The standard InChI is InChI=1S/C17H38O6Si4/c1-10-15(24-22-26(4,5)6)20-14(18)12-13(3)17(19)21-16(11-2)25-23-27(7,8)9/h15-16H,3,10-12,24-25H2,1-2,4-9H3. The maximum absolute atomic E-state index is 12.2. The van der Waals surface area contributed by atoms with Gasteiger partial charge in [-0.15, -0.1) is 0 Å². The Morgan fingerprint density at radius 2 is 1.26 bits per heavy atom. The minimum Gasteiger partial charge on any atom is -0.464 e. The molecule has 6 nitrogen and oxygen atoms in total. The minimum atomic E-state index is -1.62. The van der Waals surface area contributed by atoms with Gasteiger partial charge in [-0.1, -0.05) is 20.4 Å². The Morgan fingerprint density at radius 3 is 1.63 bits per heavy atom. The van der Waals surface area contributed by atoms with Crippen LogP contribution in [0, 0.1) is 0 Å². The van der Waals surface area contributed by atoms with Crippen LogP contribution in [0.3, 0.4) is 0 Å². The molecule has 0 aliphatic carbocycles. The fourth-order valence-electron chi connectivity index (χ4n) is 1.86. The van der Waals surface area contributed by atoms with Crippen molar-refractivity contribution in [3.8, 4) is 0 Å². The summed E-state index contributed by atoms with van der Waals surface area (Å²) in [5.74, 6) is -0.978. The van der Waals surface area contributed by atoms with Crippen LogP contribution in [0.4, 0.5) is 0 Å². The molecule has 0 spiro atoms. The summed E-state index contributed by atoms with van der Waals surface area (Å²) in [5.41, 5.74) is -0.241. The lowest BCUT2D eigenvalue weighted by Crippen LogP contribution is -2.36. The van der Waals surface area contributed by atoms with Crippen molar-refractivity contribution in [3.63, 3.8) is 0 Å². The first kappa shape index (κ1) is 26.5. The van der Waals surface area contributed by atoms with E-state index < -0.39 is 48.1 Å². The molecule has 0 rings (SSSR count). The van der Waals surface area contributed by atoms with Crippen LogP contribution < -0.4 is 0 Å². The molecule has 0 heterocycles. The first-order valence-electron chi connectivity index (χ1n) is 9.63. The van der Waals surface area contributed by atoms with Crippen LogP contribution in [0.5, 0.6) is 0 Å². The molecule has 0 amide bonds. The van der Waals surface area contributed by atoms with Crippen molar-refractivity contribution in [2.45, 2.75) is 83.8 Å². The van der Waals surface area contributed by atoms with Gasteiger partial charge in [0.25, 0.3) is 0 Å². The molecule has 0 fully saturated rings. The largest absolute Gasteiger partial charge is 0.464 e. The fourth-order valence-corrected chi connectivity index (χ4v) is 8.30. The van der Waals surface area contributed by atoms with Crippen molar-refractivity contribution in [2.75, 3.05) is 0 Å². The number of ether oxygens (including phenoxy) is 2. The van der Waals surface area contributed by atoms with Gasteiger partial charge in [-0.25, -0.2) is 4.79 Å². The van der Waals surface area contributed by atoms with Crippen LogP contribution in [0.15, 0.2) is 12.2 Å². The van der Waals surface area contributed by atoms with Crippen molar-refractivity contribution in [1.29, 1.82) is 0 Å². The third kappa shape index (κ3) is 14.2. The van der Waals surface area contributed by atoms with E-state index in [1.165, 1.54) is 0 Å². The molecule has 2 atom stereocenters. The van der Waals surface area contributed by atoms with Crippen molar-refractivity contribution in [2.24, 2.45) is 0 Å². The molecule has 0 aromatic carbocycles. The molecule has 0 saturated heterocycles. The maximum atomic E-state index is 12.2. The van der Waals surface area contributed by atoms with Crippen LogP contribution in [0.1, 0.15) is 33.1 Å². The zero-order valence-electron chi connectivity index (χ0n) is 18.3. The summed E-state index contributed by atoms with van der Waals surface area (Å²) in [6.07, 6.45) is 1.28. The summed E-state index contributed by atoms with van der Waals surface area (Å²) in [7, 11) is -5.14. The van der Waals surface area contributed by atoms with E-state index in [0.717, 1.165) is 6.42 Å². The Morgan fingerprint density at radius 1 is 0.852 bits per heavy atom. The summed E-state index contributed by atoms with van der Waals surface area (Å²) in [6, 6.07) is 0. The number of hydrogen-bond acceptors (Lipinski definition) is 6. The second-order valence-electron chi connectivity index (χ2n) is 8.58. The highest BCUT2D eigenvalue weighted by molar-refractivity contribution is 6.74. The summed E-state index contributed by atoms with van der Waals surface area (Å²) in [5, 5.41) is 0. The molecule has 0 radical (unpaired) electrons. The number of esters is 2. The van der Waals surface area contributed by atoms with E-state index in [9.17, 15) is 9.59 Å². The first-order valence-corrected chi connectivity index (χ1v) is 19.2. The van der Waals surface area contributed by atoms with E-state index >= 15 is 0 Å². The highest BCUT2D eigenvalue weighted by Crippen LogP contribution is 2.11. The molecule has 0 aliphatic heterocycles. The van der Waals surface area contributed by atoms with Gasteiger partial charge in [-0.3, -0.25) is 4.79 Å². The predicted molar refractivity (Wildman–Crippen MR) is 120 cm³/mol. The van der Waals surface area contributed by atoms with E-state index in [1.807, 2.05) is 13.8 Å². The second kappa shape index (κ2) is 12.1. The maximum Gasteiger partial charge on any atom is 0.334 e. The molecule has 0 aromatic heterocycles. The fraction of sp³-hybridized carbons (Fsp3) is 0.765. The van der Waals surface area contributed by atoms with Crippen molar-refractivity contribution in [3.05, 3.63) is 12.2 Å². The van der Waals surface area contributed by atoms with Gasteiger partial charge in [0.05, 0.1) is 6.42 Å². The van der Waals surface area contributed by atoms with Gasteiger partial charge in [0.2, 0.25) is 0 Å². The van der Waals surface area contributed by atoms with Gasteiger partial charge < -0.3 is 17.7 Å².